The Balaban J connectivity index is 1.92. The van der Waals surface area contributed by atoms with Gasteiger partial charge < -0.3 is 10.2 Å². The van der Waals surface area contributed by atoms with E-state index in [1.165, 1.54) is 19.1 Å². The number of benzene rings is 2. The summed E-state index contributed by atoms with van der Waals surface area (Å²) in [6, 6.07) is 11.8. The van der Waals surface area contributed by atoms with Crippen molar-refractivity contribution in [1.82, 2.24) is 5.32 Å². The van der Waals surface area contributed by atoms with Crippen LogP contribution in [0.15, 0.2) is 42.5 Å². The Hall–Kier alpha value is -2.69. The summed E-state index contributed by atoms with van der Waals surface area (Å²) < 4.78 is 12.9. The lowest BCUT2D eigenvalue weighted by Gasteiger charge is -2.22. The number of nitrogens with zero attached hydrogens (tertiary/aromatic N) is 1. The summed E-state index contributed by atoms with van der Waals surface area (Å²) >= 11 is 0. The second-order valence-electron chi connectivity index (χ2n) is 6.17. The summed E-state index contributed by atoms with van der Waals surface area (Å²) in [4.78, 5) is 25.6. The van der Waals surface area contributed by atoms with Crippen LogP contribution in [-0.4, -0.2) is 24.9 Å². The maximum atomic E-state index is 12.9. The molecule has 1 N–H and O–H groups in total. The predicted molar refractivity (Wildman–Crippen MR) is 97.1 cm³/mol. The first-order valence-electron chi connectivity index (χ1n) is 8.22. The largest absolute Gasteiger partial charge is 0.354 e. The molecule has 5 heteroatoms. The monoisotopic (exact) mass is 342 g/mol. The summed E-state index contributed by atoms with van der Waals surface area (Å²) in [7, 11) is 0. The number of aryl methyl sites for hydroxylation is 2. The first-order valence-corrected chi connectivity index (χ1v) is 8.22. The lowest BCUT2D eigenvalue weighted by Crippen LogP contribution is -2.38. The van der Waals surface area contributed by atoms with Crippen molar-refractivity contribution in [3.63, 3.8) is 0 Å². The van der Waals surface area contributed by atoms with Gasteiger partial charge in [-0.05, 0) is 54.8 Å². The highest BCUT2D eigenvalue weighted by Crippen LogP contribution is 2.18. The molecule has 0 aromatic heterocycles. The third-order valence-electron chi connectivity index (χ3n) is 3.83. The van der Waals surface area contributed by atoms with Crippen LogP contribution in [0.3, 0.4) is 0 Å². The highest BCUT2D eigenvalue weighted by atomic mass is 19.1. The van der Waals surface area contributed by atoms with E-state index in [9.17, 15) is 14.0 Å². The smallest absolute Gasteiger partial charge is 0.224 e. The standard InChI is InChI=1S/C20H23FN2O2/c1-14-10-15(2)12-19(11-14)23(16(3)24)9-8-22-20(25)13-17-4-6-18(21)7-5-17/h4-7,10-12H,8-9,13H2,1-3H3,(H,22,25). The van der Waals surface area contributed by atoms with Gasteiger partial charge in [0.15, 0.2) is 0 Å². The molecule has 2 aromatic carbocycles. The molecule has 2 rings (SSSR count). The van der Waals surface area contributed by atoms with Gasteiger partial charge in [0.1, 0.15) is 5.82 Å². The van der Waals surface area contributed by atoms with Crippen molar-refractivity contribution in [2.45, 2.75) is 27.2 Å². The molecular weight excluding hydrogens is 319 g/mol. The van der Waals surface area contributed by atoms with Crippen molar-refractivity contribution in [2.75, 3.05) is 18.0 Å². The van der Waals surface area contributed by atoms with Crippen molar-refractivity contribution in [1.29, 1.82) is 0 Å². The fraction of sp³-hybridized carbons (Fsp3) is 0.300. The van der Waals surface area contributed by atoms with E-state index >= 15 is 0 Å². The quantitative estimate of drug-likeness (QED) is 0.877. The minimum absolute atomic E-state index is 0.0715. The predicted octanol–water partition coefficient (Wildman–Crippen LogP) is 3.15. The fourth-order valence-corrected chi connectivity index (χ4v) is 2.73. The number of anilines is 1. The molecule has 0 unspecified atom stereocenters. The summed E-state index contributed by atoms with van der Waals surface area (Å²) in [5.41, 5.74) is 3.75. The zero-order chi connectivity index (χ0) is 18.4. The van der Waals surface area contributed by atoms with Crippen LogP contribution in [0, 0.1) is 19.7 Å². The first kappa shape index (κ1) is 18.6. The number of halogens is 1. The number of hydrogen-bond acceptors (Lipinski definition) is 2. The molecule has 132 valence electrons. The molecule has 0 bridgehead atoms. The molecule has 0 aliphatic heterocycles. The zero-order valence-electron chi connectivity index (χ0n) is 14.8. The third kappa shape index (κ3) is 5.71. The van der Waals surface area contributed by atoms with Gasteiger partial charge in [0.2, 0.25) is 11.8 Å². The highest BCUT2D eigenvalue weighted by molar-refractivity contribution is 5.91. The molecule has 0 radical (unpaired) electrons. The fourth-order valence-electron chi connectivity index (χ4n) is 2.73. The van der Waals surface area contributed by atoms with Gasteiger partial charge in [-0.1, -0.05) is 18.2 Å². The van der Waals surface area contributed by atoms with Gasteiger partial charge in [0.25, 0.3) is 0 Å². The minimum Gasteiger partial charge on any atom is -0.354 e. The number of nitrogens with one attached hydrogen (secondary N) is 1. The van der Waals surface area contributed by atoms with E-state index in [-0.39, 0.29) is 24.1 Å². The molecule has 4 nitrogen and oxygen atoms in total. The Bertz CT molecular complexity index is 737. The molecule has 0 atom stereocenters. The van der Waals surface area contributed by atoms with Crippen LogP contribution < -0.4 is 10.2 Å². The van der Waals surface area contributed by atoms with Crippen LogP contribution in [0.4, 0.5) is 10.1 Å². The molecule has 0 aliphatic rings. The van der Waals surface area contributed by atoms with Gasteiger partial charge in [0, 0.05) is 25.7 Å². The van der Waals surface area contributed by atoms with Crippen LogP contribution in [0.25, 0.3) is 0 Å². The molecule has 2 aromatic rings. The molecule has 0 fully saturated rings. The van der Waals surface area contributed by atoms with Gasteiger partial charge in [-0.2, -0.15) is 0 Å². The number of carbonyl (C=O) groups excluding carboxylic acids is 2. The Morgan fingerprint density at radius 1 is 1.04 bits per heavy atom. The van der Waals surface area contributed by atoms with E-state index in [4.69, 9.17) is 0 Å². The van der Waals surface area contributed by atoms with E-state index in [1.807, 2.05) is 32.0 Å². The Morgan fingerprint density at radius 2 is 1.64 bits per heavy atom. The summed E-state index contributed by atoms with van der Waals surface area (Å²) in [5, 5.41) is 2.80. The average Bonchev–Trinajstić information content (AvgIpc) is 2.52. The lowest BCUT2D eigenvalue weighted by atomic mass is 10.1. The highest BCUT2D eigenvalue weighted by Gasteiger charge is 2.12. The van der Waals surface area contributed by atoms with Crippen molar-refractivity contribution in [3.8, 4) is 0 Å². The van der Waals surface area contributed by atoms with Crippen LogP contribution in [0.1, 0.15) is 23.6 Å². The Kier molecular flexibility index (Phi) is 6.28. The van der Waals surface area contributed by atoms with Gasteiger partial charge in [-0.3, -0.25) is 9.59 Å². The zero-order valence-corrected chi connectivity index (χ0v) is 14.8. The molecular formula is C20H23FN2O2. The number of carbonyl (C=O) groups is 2. The number of amides is 2. The molecule has 0 saturated carbocycles. The van der Waals surface area contributed by atoms with Crippen molar-refractivity contribution in [3.05, 3.63) is 65.0 Å². The maximum absolute atomic E-state index is 12.9. The summed E-state index contributed by atoms with van der Waals surface area (Å²) in [6.45, 7) is 6.23. The van der Waals surface area contributed by atoms with E-state index in [2.05, 4.69) is 5.32 Å². The maximum Gasteiger partial charge on any atom is 0.224 e. The summed E-state index contributed by atoms with van der Waals surface area (Å²) in [6.07, 6.45) is 0.184. The normalized spacial score (nSPS) is 10.4. The van der Waals surface area contributed by atoms with Crippen LogP contribution >= 0.6 is 0 Å². The van der Waals surface area contributed by atoms with Gasteiger partial charge in [0.05, 0.1) is 6.42 Å². The van der Waals surface area contributed by atoms with Crippen LogP contribution in [0.5, 0.6) is 0 Å². The Labute approximate surface area is 147 Å². The number of rotatable bonds is 6. The van der Waals surface area contributed by atoms with Gasteiger partial charge in [-0.15, -0.1) is 0 Å². The molecule has 0 heterocycles. The topological polar surface area (TPSA) is 49.4 Å². The van der Waals surface area contributed by atoms with E-state index in [0.717, 1.165) is 22.4 Å². The second kappa shape index (κ2) is 8.42. The number of hydrogen-bond donors (Lipinski definition) is 1. The van der Waals surface area contributed by atoms with Crippen LogP contribution in [-0.2, 0) is 16.0 Å². The molecule has 2 amide bonds. The SMILES string of the molecule is CC(=O)N(CCNC(=O)Cc1ccc(F)cc1)c1cc(C)cc(C)c1. The van der Waals surface area contributed by atoms with Gasteiger partial charge >= 0.3 is 0 Å². The average molecular weight is 342 g/mol. The minimum atomic E-state index is -0.324. The molecule has 0 aliphatic carbocycles. The van der Waals surface area contributed by atoms with E-state index < -0.39 is 0 Å². The molecule has 0 spiro atoms. The summed E-state index contributed by atoms with van der Waals surface area (Å²) in [5.74, 6) is -0.553. The lowest BCUT2D eigenvalue weighted by molar-refractivity contribution is -0.121. The van der Waals surface area contributed by atoms with Crippen LogP contribution in [0.2, 0.25) is 0 Å². The van der Waals surface area contributed by atoms with Crippen molar-refractivity contribution in [2.24, 2.45) is 0 Å². The molecule has 25 heavy (non-hydrogen) atoms. The van der Waals surface area contributed by atoms with Crippen molar-refractivity contribution >= 4 is 17.5 Å². The first-order chi connectivity index (χ1) is 11.8. The van der Waals surface area contributed by atoms with E-state index in [0.29, 0.717) is 13.1 Å². The van der Waals surface area contributed by atoms with Gasteiger partial charge in [-0.25, -0.2) is 4.39 Å². The van der Waals surface area contributed by atoms with E-state index in [1.54, 1.807) is 17.0 Å². The van der Waals surface area contributed by atoms with Crippen molar-refractivity contribution < 1.29 is 14.0 Å². The molecule has 0 saturated heterocycles. The second-order valence-corrected chi connectivity index (χ2v) is 6.17. The Morgan fingerprint density at radius 3 is 2.20 bits per heavy atom. The third-order valence-corrected chi connectivity index (χ3v) is 3.83.